The van der Waals surface area contributed by atoms with E-state index >= 15 is 0 Å². The molecule has 2 amide bonds. The summed E-state index contributed by atoms with van der Waals surface area (Å²) in [5.74, 6) is 0.119. The third-order valence-electron chi connectivity index (χ3n) is 6.97. The fourth-order valence-corrected chi connectivity index (χ4v) is 6.09. The first-order valence-electron chi connectivity index (χ1n) is 13.6. The summed E-state index contributed by atoms with van der Waals surface area (Å²) >= 11 is 3.44. The molecule has 1 fully saturated rings. The van der Waals surface area contributed by atoms with E-state index in [0.717, 1.165) is 42.0 Å². The van der Waals surface area contributed by atoms with Crippen LogP contribution >= 0.6 is 15.9 Å². The highest BCUT2D eigenvalue weighted by atomic mass is 79.9. The van der Waals surface area contributed by atoms with Crippen LogP contribution < -0.4 is 14.4 Å². The number of benzene rings is 2. The van der Waals surface area contributed by atoms with Gasteiger partial charge in [-0.05, 0) is 62.9 Å². The van der Waals surface area contributed by atoms with E-state index in [1.165, 1.54) is 10.7 Å². The van der Waals surface area contributed by atoms with Gasteiger partial charge in [0.15, 0.2) is 0 Å². The number of nitrogens with one attached hydrogen (secondary N) is 1. The van der Waals surface area contributed by atoms with Gasteiger partial charge >= 0.3 is 0 Å². The Morgan fingerprint density at radius 1 is 1.08 bits per heavy atom. The molecule has 1 unspecified atom stereocenters. The van der Waals surface area contributed by atoms with Gasteiger partial charge in [-0.3, -0.25) is 13.9 Å². The van der Waals surface area contributed by atoms with E-state index in [1.54, 1.807) is 36.1 Å². The normalized spacial score (nSPS) is 14.9. The maximum atomic E-state index is 13.5. The van der Waals surface area contributed by atoms with Gasteiger partial charge in [0, 0.05) is 30.0 Å². The molecule has 1 N–H and O–H groups in total. The zero-order valence-corrected chi connectivity index (χ0v) is 25.5. The first-order valence-corrected chi connectivity index (χ1v) is 16.3. The van der Waals surface area contributed by atoms with Crippen LogP contribution in [-0.4, -0.2) is 56.6 Å². The summed E-state index contributed by atoms with van der Waals surface area (Å²) in [6.07, 6.45) is 6.85. The second-order valence-corrected chi connectivity index (χ2v) is 12.8. The molecular formula is C29H40BrN3O5S. The van der Waals surface area contributed by atoms with Crippen molar-refractivity contribution in [3.05, 3.63) is 58.6 Å². The molecule has 1 aliphatic rings. The summed E-state index contributed by atoms with van der Waals surface area (Å²) in [4.78, 5) is 28.3. The SMILES string of the molecule is CCOc1ccccc1N(CCCC(=O)N(Cc1ccc(Br)cc1)C(C)C(=O)NC1CCCCC1)S(C)(=O)=O. The van der Waals surface area contributed by atoms with E-state index in [1.807, 2.05) is 31.2 Å². The molecule has 0 spiro atoms. The third-order valence-corrected chi connectivity index (χ3v) is 8.68. The summed E-state index contributed by atoms with van der Waals surface area (Å²) in [7, 11) is -3.62. The highest BCUT2D eigenvalue weighted by Crippen LogP contribution is 2.30. The quantitative estimate of drug-likeness (QED) is 0.329. The van der Waals surface area contributed by atoms with Gasteiger partial charge in [0.2, 0.25) is 21.8 Å². The zero-order valence-electron chi connectivity index (χ0n) is 23.1. The van der Waals surface area contributed by atoms with E-state index in [0.29, 0.717) is 24.5 Å². The maximum Gasteiger partial charge on any atom is 0.242 e. The molecule has 2 aromatic rings. The molecule has 1 atom stereocenters. The van der Waals surface area contributed by atoms with Gasteiger partial charge in [-0.15, -0.1) is 0 Å². The Balaban J connectivity index is 1.73. The number of carbonyl (C=O) groups is 2. The molecule has 1 aliphatic carbocycles. The maximum absolute atomic E-state index is 13.5. The smallest absolute Gasteiger partial charge is 0.242 e. The number of rotatable bonds is 13. The van der Waals surface area contributed by atoms with Crippen LogP contribution in [0.25, 0.3) is 0 Å². The van der Waals surface area contributed by atoms with Gasteiger partial charge in [-0.1, -0.05) is 59.5 Å². The van der Waals surface area contributed by atoms with Crippen LogP contribution in [-0.2, 0) is 26.2 Å². The van der Waals surface area contributed by atoms with Crippen LogP contribution in [0.1, 0.15) is 64.4 Å². The highest BCUT2D eigenvalue weighted by molar-refractivity contribution is 9.10. The van der Waals surface area contributed by atoms with Crippen molar-refractivity contribution < 1.29 is 22.7 Å². The van der Waals surface area contributed by atoms with Gasteiger partial charge in [0.05, 0.1) is 18.6 Å². The number of hydrogen-bond acceptors (Lipinski definition) is 5. The molecule has 10 heteroatoms. The van der Waals surface area contributed by atoms with Crippen LogP contribution in [0.15, 0.2) is 53.0 Å². The van der Waals surface area contributed by atoms with E-state index in [2.05, 4.69) is 21.2 Å². The topological polar surface area (TPSA) is 96.0 Å². The fraction of sp³-hybridized carbons (Fsp3) is 0.517. The summed E-state index contributed by atoms with van der Waals surface area (Å²) in [6, 6.07) is 14.1. The average Bonchev–Trinajstić information content (AvgIpc) is 2.91. The minimum absolute atomic E-state index is 0.0976. The molecule has 214 valence electrons. The minimum atomic E-state index is -3.62. The van der Waals surface area contributed by atoms with Crippen LogP contribution in [0.3, 0.4) is 0 Å². The average molecular weight is 623 g/mol. The first-order chi connectivity index (χ1) is 18.6. The number of ether oxygens (including phenoxy) is 1. The van der Waals surface area contributed by atoms with Crippen LogP contribution in [0.4, 0.5) is 5.69 Å². The van der Waals surface area contributed by atoms with E-state index in [4.69, 9.17) is 4.74 Å². The van der Waals surface area contributed by atoms with Gasteiger partial charge in [-0.25, -0.2) is 8.42 Å². The monoisotopic (exact) mass is 621 g/mol. The molecular weight excluding hydrogens is 582 g/mol. The number of anilines is 1. The van der Waals surface area contributed by atoms with Crippen LogP contribution in [0.5, 0.6) is 5.75 Å². The standard InChI is InChI=1S/C29H40BrN3O5S/c1-4-38-27-14-9-8-13-26(27)33(39(3,36)37)20-10-15-28(34)32(21-23-16-18-24(30)19-17-23)22(2)29(35)31-25-11-6-5-7-12-25/h8-9,13-14,16-19,22,25H,4-7,10-12,15,20-21H2,1-3H3,(H,31,35). The first kappa shape index (κ1) is 30.9. The van der Waals surface area contributed by atoms with Crippen molar-refractivity contribution in [3.63, 3.8) is 0 Å². The largest absolute Gasteiger partial charge is 0.492 e. The number of halogens is 1. The van der Waals surface area contributed by atoms with E-state index in [-0.39, 0.29) is 37.4 Å². The van der Waals surface area contributed by atoms with Crippen LogP contribution in [0.2, 0.25) is 0 Å². The van der Waals surface area contributed by atoms with Crippen molar-refractivity contribution in [2.45, 2.75) is 77.4 Å². The lowest BCUT2D eigenvalue weighted by Gasteiger charge is -2.31. The van der Waals surface area contributed by atoms with Gasteiger partial charge in [-0.2, -0.15) is 0 Å². The molecule has 1 saturated carbocycles. The predicted molar refractivity (Wildman–Crippen MR) is 158 cm³/mol. The zero-order chi connectivity index (χ0) is 28.4. The van der Waals surface area contributed by atoms with Crippen LogP contribution in [0, 0.1) is 0 Å². The Hall–Kier alpha value is -2.59. The summed E-state index contributed by atoms with van der Waals surface area (Å²) in [5, 5.41) is 3.14. The van der Waals surface area contributed by atoms with Gasteiger partial charge in [0.25, 0.3) is 0 Å². The third kappa shape index (κ3) is 9.24. The molecule has 0 aromatic heterocycles. The molecule has 0 radical (unpaired) electrons. The minimum Gasteiger partial charge on any atom is -0.492 e. The molecule has 8 nitrogen and oxygen atoms in total. The van der Waals surface area contributed by atoms with Crippen molar-refractivity contribution in [1.29, 1.82) is 0 Å². The fourth-order valence-electron chi connectivity index (χ4n) is 4.86. The van der Waals surface area contributed by atoms with Crippen molar-refractivity contribution in [2.75, 3.05) is 23.7 Å². The number of sulfonamides is 1. The Kier molecular flexibility index (Phi) is 11.7. The number of hydrogen-bond donors (Lipinski definition) is 1. The lowest BCUT2D eigenvalue weighted by Crippen LogP contribution is -2.50. The lowest BCUT2D eigenvalue weighted by atomic mass is 9.95. The Bertz CT molecular complexity index is 1200. The molecule has 0 saturated heterocycles. The Morgan fingerprint density at radius 3 is 2.38 bits per heavy atom. The summed E-state index contributed by atoms with van der Waals surface area (Å²) in [5.41, 5.74) is 1.36. The van der Waals surface area contributed by atoms with Crippen molar-refractivity contribution >= 4 is 43.5 Å². The number of carbonyl (C=O) groups excluding carboxylic acids is 2. The molecule has 0 bridgehead atoms. The number of nitrogens with zero attached hydrogens (tertiary/aromatic N) is 2. The lowest BCUT2D eigenvalue weighted by molar-refractivity contribution is -0.141. The number of para-hydroxylation sites is 2. The second-order valence-electron chi connectivity index (χ2n) is 10.0. The van der Waals surface area contributed by atoms with Gasteiger partial charge < -0.3 is 15.0 Å². The van der Waals surface area contributed by atoms with E-state index in [9.17, 15) is 18.0 Å². The summed E-state index contributed by atoms with van der Waals surface area (Å²) in [6.45, 7) is 4.40. The van der Waals surface area contributed by atoms with Crippen molar-refractivity contribution in [2.24, 2.45) is 0 Å². The van der Waals surface area contributed by atoms with Crippen molar-refractivity contribution in [1.82, 2.24) is 10.2 Å². The molecule has 0 heterocycles. The van der Waals surface area contributed by atoms with Gasteiger partial charge in [0.1, 0.15) is 11.8 Å². The second kappa shape index (κ2) is 14.7. The summed E-state index contributed by atoms with van der Waals surface area (Å²) < 4.78 is 33.2. The molecule has 3 rings (SSSR count). The number of amides is 2. The molecule has 39 heavy (non-hydrogen) atoms. The highest BCUT2D eigenvalue weighted by Gasteiger charge is 2.28. The van der Waals surface area contributed by atoms with Crippen molar-refractivity contribution in [3.8, 4) is 5.75 Å². The molecule has 0 aliphatic heterocycles. The Morgan fingerprint density at radius 2 is 1.74 bits per heavy atom. The predicted octanol–water partition coefficient (Wildman–Crippen LogP) is 5.26. The molecule has 2 aromatic carbocycles. The Labute approximate surface area is 241 Å². The van der Waals surface area contributed by atoms with E-state index < -0.39 is 16.1 Å².